The van der Waals surface area contributed by atoms with Crippen LogP contribution in [0.25, 0.3) is 22.3 Å². The molecule has 1 amide bonds. The molecular weight excluding hydrogens is 242 g/mol. The van der Waals surface area contributed by atoms with Crippen LogP contribution in [0.4, 0.5) is 0 Å². The number of nitrogens with two attached hydrogens (primary N) is 1. The van der Waals surface area contributed by atoms with Crippen molar-refractivity contribution in [1.82, 2.24) is 19.9 Å². The Balaban J connectivity index is 2.12. The molecule has 0 saturated heterocycles. The zero-order valence-corrected chi connectivity index (χ0v) is 10.2. The van der Waals surface area contributed by atoms with Crippen LogP contribution in [0.2, 0.25) is 0 Å². The van der Waals surface area contributed by atoms with E-state index in [1.54, 1.807) is 6.07 Å². The number of imidazole rings is 1. The normalized spacial score (nSPS) is 10.8. The Morgan fingerprint density at radius 3 is 2.89 bits per heavy atom. The standard InChI is InChI=1S/C13H11N5O/c1-7-16-10-3-2-8(6-11(10)17-7)9-4-5-15-13(18-9)12(14)19/h2-6H,1H3,(H2,14,19)(H,16,17). The maximum atomic E-state index is 11.1. The van der Waals surface area contributed by atoms with Gasteiger partial charge in [-0.25, -0.2) is 15.0 Å². The van der Waals surface area contributed by atoms with Gasteiger partial charge in [-0.1, -0.05) is 6.07 Å². The molecule has 0 bridgehead atoms. The molecule has 0 fully saturated rings. The fraction of sp³-hybridized carbons (Fsp3) is 0.0769. The number of carbonyl (C=O) groups is 1. The third kappa shape index (κ3) is 2.03. The van der Waals surface area contributed by atoms with E-state index in [9.17, 15) is 4.79 Å². The van der Waals surface area contributed by atoms with Crippen molar-refractivity contribution < 1.29 is 4.79 Å². The Morgan fingerprint density at radius 2 is 2.11 bits per heavy atom. The van der Waals surface area contributed by atoms with Crippen molar-refractivity contribution in [2.45, 2.75) is 6.92 Å². The summed E-state index contributed by atoms with van der Waals surface area (Å²) in [5, 5.41) is 0. The van der Waals surface area contributed by atoms with E-state index < -0.39 is 5.91 Å². The first-order chi connectivity index (χ1) is 9.13. The van der Waals surface area contributed by atoms with E-state index in [1.807, 2.05) is 25.1 Å². The number of aryl methyl sites for hydroxylation is 1. The van der Waals surface area contributed by atoms with Crippen molar-refractivity contribution in [2.75, 3.05) is 0 Å². The molecule has 2 aromatic heterocycles. The molecule has 3 N–H and O–H groups in total. The number of amides is 1. The molecule has 0 spiro atoms. The number of primary amides is 1. The van der Waals surface area contributed by atoms with Crippen LogP contribution in [0.3, 0.4) is 0 Å². The molecule has 2 heterocycles. The van der Waals surface area contributed by atoms with E-state index in [0.717, 1.165) is 22.4 Å². The van der Waals surface area contributed by atoms with Gasteiger partial charge in [0.1, 0.15) is 5.82 Å². The Hall–Kier alpha value is -2.76. The summed E-state index contributed by atoms with van der Waals surface area (Å²) in [6, 6.07) is 7.47. The van der Waals surface area contributed by atoms with Crippen molar-refractivity contribution in [2.24, 2.45) is 5.73 Å². The number of benzene rings is 1. The molecule has 0 unspecified atom stereocenters. The van der Waals surface area contributed by atoms with Gasteiger partial charge in [-0.2, -0.15) is 0 Å². The first kappa shape index (κ1) is 11.3. The zero-order chi connectivity index (χ0) is 13.4. The first-order valence-electron chi connectivity index (χ1n) is 5.73. The molecule has 0 atom stereocenters. The van der Waals surface area contributed by atoms with Crippen molar-refractivity contribution in [3.63, 3.8) is 0 Å². The second kappa shape index (κ2) is 4.16. The second-order valence-corrected chi connectivity index (χ2v) is 4.18. The van der Waals surface area contributed by atoms with Crippen LogP contribution in [-0.2, 0) is 0 Å². The summed E-state index contributed by atoms with van der Waals surface area (Å²) in [4.78, 5) is 26.5. The Morgan fingerprint density at radius 1 is 1.26 bits per heavy atom. The number of hydrogen-bond donors (Lipinski definition) is 2. The van der Waals surface area contributed by atoms with Crippen molar-refractivity contribution in [3.8, 4) is 11.3 Å². The van der Waals surface area contributed by atoms with E-state index in [-0.39, 0.29) is 5.82 Å². The van der Waals surface area contributed by atoms with Crippen molar-refractivity contribution >= 4 is 16.9 Å². The van der Waals surface area contributed by atoms with Crippen LogP contribution in [0.15, 0.2) is 30.5 Å². The largest absolute Gasteiger partial charge is 0.363 e. The van der Waals surface area contributed by atoms with Gasteiger partial charge in [-0.3, -0.25) is 4.79 Å². The maximum absolute atomic E-state index is 11.1. The lowest BCUT2D eigenvalue weighted by Crippen LogP contribution is -2.15. The van der Waals surface area contributed by atoms with Gasteiger partial charge >= 0.3 is 0 Å². The van der Waals surface area contributed by atoms with Gasteiger partial charge in [0, 0.05) is 11.8 Å². The van der Waals surface area contributed by atoms with Gasteiger partial charge in [-0.15, -0.1) is 0 Å². The molecule has 0 aliphatic carbocycles. The SMILES string of the molecule is Cc1nc2ccc(-c3ccnc(C(N)=O)n3)cc2[nH]1. The number of H-pyrrole nitrogens is 1. The summed E-state index contributed by atoms with van der Waals surface area (Å²) >= 11 is 0. The average molecular weight is 253 g/mol. The monoisotopic (exact) mass is 253 g/mol. The highest BCUT2D eigenvalue weighted by Crippen LogP contribution is 2.21. The molecule has 6 heteroatoms. The highest BCUT2D eigenvalue weighted by atomic mass is 16.1. The summed E-state index contributed by atoms with van der Waals surface area (Å²) in [6.07, 6.45) is 1.52. The minimum Gasteiger partial charge on any atom is -0.363 e. The van der Waals surface area contributed by atoms with Crippen LogP contribution < -0.4 is 5.73 Å². The minimum absolute atomic E-state index is 0.0124. The smallest absolute Gasteiger partial charge is 0.286 e. The Kier molecular flexibility index (Phi) is 2.49. The van der Waals surface area contributed by atoms with Gasteiger partial charge in [0.15, 0.2) is 0 Å². The molecule has 0 saturated carbocycles. The molecule has 94 valence electrons. The molecule has 3 aromatic rings. The van der Waals surface area contributed by atoms with Gasteiger partial charge in [-0.05, 0) is 25.1 Å². The van der Waals surface area contributed by atoms with E-state index in [0.29, 0.717) is 5.69 Å². The predicted molar refractivity (Wildman–Crippen MR) is 70.4 cm³/mol. The minimum atomic E-state index is -0.639. The fourth-order valence-electron chi connectivity index (χ4n) is 1.93. The Bertz CT molecular complexity index is 778. The zero-order valence-electron chi connectivity index (χ0n) is 10.2. The molecule has 19 heavy (non-hydrogen) atoms. The lowest BCUT2D eigenvalue weighted by atomic mass is 10.1. The first-order valence-corrected chi connectivity index (χ1v) is 5.73. The quantitative estimate of drug-likeness (QED) is 0.721. The van der Waals surface area contributed by atoms with Crippen molar-refractivity contribution in [3.05, 3.63) is 42.1 Å². The van der Waals surface area contributed by atoms with E-state index >= 15 is 0 Å². The number of fused-ring (bicyclic) bond motifs is 1. The number of nitrogens with zero attached hydrogens (tertiary/aromatic N) is 3. The maximum Gasteiger partial charge on any atom is 0.286 e. The van der Waals surface area contributed by atoms with E-state index in [2.05, 4.69) is 19.9 Å². The highest BCUT2D eigenvalue weighted by Gasteiger charge is 2.08. The molecule has 1 aromatic carbocycles. The average Bonchev–Trinajstić information content (AvgIpc) is 2.77. The van der Waals surface area contributed by atoms with Gasteiger partial charge in [0.2, 0.25) is 5.82 Å². The summed E-state index contributed by atoms with van der Waals surface area (Å²) in [5.41, 5.74) is 8.52. The topological polar surface area (TPSA) is 97.6 Å². The number of nitrogens with one attached hydrogen (secondary N) is 1. The summed E-state index contributed by atoms with van der Waals surface area (Å²) < 4.78 is 0. The number of aromatic nitrogens is 4. The number of hydrogen-bond acceptors (Lipinski definition) is 4. The van der Waals surface area contributed by atoms with Crippen LogP contribution >= 0.6 is 0 Å². The molecule has 3 rings (SSSR count). The van der Waals surface area contributed by atoms with Crippen molar-refractivity contribution in [1.29, 1.82) is 0 Å². The Labute approximate surface area is 108 Å². The number of aromatic amines is 1. The number of rotatable bonds is 2. The van der Waals surface area contributed by atoms with Crippen LogP contribution in [-0.4, -0.2) is 25.8 Å². The van der Waals surface area contributed by atoms with Gasteiger partial charge < -0.3 is 10.7 Å². The molecule has 0 aliphatic heterocycles. The molecule has 0 aliphatic rings. The van der Waals surface area contributed by atoms with Gasteiger partial charge in [0.25, 0.3) is 5.91 Å². The predicted octanol–water partition coefficient (Wildman–Crippen LogP) is 1.43. The number of carbonyl (C=O) groups excluding carboxylic acids is 1. The highest BCUT2D eigenvalue weighted by molar-refractivity contribution is 5.89. The second-order valence-electron chi connectivity index (χ2n) is 4.18. The molecular formula is C13H11N5O. The lowest BCUT2D eigenvalue weighted by molar-refractivity contribution is 0.0990. The van der Waals surface area contributed by atoms with E-state index in [4.69, 9.17) is 5.73 Å². The fourth-order valence-corrected chi connectivity index (χ4v) is 1.93. The van der Waals surface area contributed by atoms with Gasteiger partial charge in [0.05, 0.1) is 16.7 Å². The molecule has 0 radical (unpaired) electrons. The summed E-state index contributed by atoms with van der Waals surface area (Å²) in [5.74, 6) is 0.228. The van der Waals surface area contributed by atoms with Crippen LogP contribution in [0, 0.1) is 6.92 Å². The summed E-state index contributed by atoms with van der Waals surface area (Å²) in [7, 11) is 0. The third-order valence-corrected chi connectivity index (χ3v) is 2.77. The third-order valence-electron chi connectivity index (χ3n) is 2.77. The summed E-state index contributed by atoms with van der Waals surface area (Å²) in [6.45, 7) is 1.90. The lowest BCUT2D eigenvalue weighted by Gasteiger charge is -2.01. The van der Waals surface area contributed by atoms with Crippen LogP contribution in [0.1, 0.15) is 16.4 Å². The van der Waals surface area contributed by atoms with E-state index in [1.165, 1.54) is 6.20 Å². The van der Waals surface area contributed by atoms with Crippen LogP contribution in [0.5, 0.6) is 0 Å². The molecule has 6 nitrogen and oxygen atoms in total.